The molecule has 0 aliphatic carbocycles. The van der Waals surface area contributed by atoms with E-state index in [-0.39, 0.29) is 114 Å². The predicted octanol–water partition coefficient (Wildman–Crippen LogP) is 9.87. The highest BCUT2D eigenvalue weighted by molar-refractivity contribution is 5.77. The van der Waals surface area contributed by atoms with Gasteiger partial charge in [-0.2, -0.15) is 0 Å². The molecule has 0 aromatic heterocycles. The Kier molecular flexibility index (Phi) is 36.8. The third-order valence-corrected chi connectivity index (χ3v) is 16.8. The van der Waals surface area contributed by atoms with Crippen LogP contribution in [0, 0.1) is 0 Å². The average Bonchev–Trinajstić information content (AvgIpc) is 0.749. The van der Waals surface area contributed by atoms with Crippen LogP contribution in [0.3, 0.4) is 0 Å². The summed E-state index contributed by atoms with van der Waals surface area (Å²) in [7, 11) is 0. The van der Waals surface area contributed by atoms with Gasteiger partial charge in [0, 0.05) is 192 Å². The SMILES string of the molecule is OCCCN(CCCO)c1ccc(Oc2c(Oc3ccc(N(CCCO)CCCO)cc3)c(Oc3ccc(N(CCCO)CCCO)cc3)c(Oc3ccc(N(CCCO)CCCO)cc3)c(Oc3ccc(N(CCCO)CCCO)cc3)c2Oc2ccc(N(CCCO)CCCO)cc2)cc1. The molecule has 0 saturated carbocycles. The van der Waals surface area contributed by atoms with Crippen molar-refractivity contribution in [2.45, 2.75) is 77.0 Å². The lowest BCUT2D eigenvalue weighted by Gasteiger charge is -2.27. The van der Waals surface area contributed by atoms with E-state index in [1.54, 1.807) is 72.8 Å². The molecule has 7 aromatic carbocycles. The number of anilines is 6. The number of ether oxygens (including phenoxy) is 6. The molecule has 0 atom stereocenters. The summed E-state index contributed by atoms with van der Waals surface area (Å²) in [6, 6.07) is 43.9. The summed E-state index contributed by atoms with van der Waals surface area (Å²) in [5.74, 6) is 1.44. The zero-order valence-electron chi connectivity index (χ0n) is 58.8. The summed E-state index contributed by atoms with van der Waals surface area (Å²) in [4.78, 5) is 12.4. The van der Waals surface area contributed by atoms with Gasteiger partial charge in [0.05, 0.1) is 0 Å². The molecule has 0 saturated heterocycles. The van der Waals surface area contributed by atoms with Crippen molar-refractivity contribution in [3.8, 4) is 69.0 Å². The van der Waals surface area contributed by atoms with Crippen LogP contribution in [0.1, 0.15) is 77.0 Å². The molecule has 0 radical (unpaired) electrons. The van der Waals surface area contributed by atoms with Crippen molar-refractivity contribution in [1.82, 2.24) is 0 Å². The van der Waals surface area contributed by atoms with Crippen LogP contribution in [0.15, 0.2) is 146 Å². The maximum Gasteiger partial charge on any atom is 0.220 e. The molecule has 7 rings (SSSR count). The summed E-state index contributed by atoms with van der Waals surface area (Å²) in [6.07, 6.45) is 5.84. The van der Waals surface area contributed by atoms with Gasteiger partial charge in [-0.3, -0.25) is 0 Å². The van der Waals surface area contributed by atoms with Crippen molar-refractivity contribution in [2.24, 2.45) is 0 Å². The summed E-state index contributed by atoms with van der Waals surface area (Å²) >= 11 is 0. The van der Waals surface area contributed by atoms with Crippen molar-refractivity contribution in [2.75, 3.05) is 187 Å². The fourth-order valence-corrected chi connectivity index (χ4v) is 11.6. The first-order valence-electron chi connectivity index (χ1n) is 35.8. The topological polar surface area (TPSA) is 318 Å². The van der Waals surface area contributed by atoms with E-state index in [1.165, 1.54) is 0 Å². The van der Waals surface area contributed by atoms with E-state index in [9.17, 15) is 61.3 Å². The van der Waals surface area contributed by atoms with E-state index in [2.05, 4.69) is 29.4 Å². The third-order valence-electron chi connectivity index (χ3n) is 16.8. The number of aliphatic hydroxyl groups excluding tert-OH is 12. The Morgan fingerprint density at radius 3 is 0.343 bits per heavy atom. The van der Waals surface area contributed by atoms with Gasteiger partial charge in [-0.25, -0.2) is 0 Å². The Morgan fingerprint density at radius 2 is 0.255 bits per heavy atom. The Bertz CT molecular complexity index is 2730. The molecule has 558 valence electrons. The van der Waals surface area contributed by atoms with Gasteiger partial charge in [0.25, 0.3) is 0 Å². The fourth-order valence-electron chi connectivity index (χ4n) is 11.6. The van der Waals surface area contributed by atoms with Gasteiger partial charge in [-0.05, 0) is 223 Å². The van der Waals surface area contributed by atoms with Crippen LogP contribution in [0.25, 0.3) is 0 Å². The average molecular weight is 1420 g/mol. The fraction of sp³-hybridized carbons (Fsp3) is 0.462. The molecule has 24 heteroatoms. The molecule has 0 heterocycles. The minimum absolute atomic E-state index is 0.0316. The van der Waals surface area contributed by atoms with Gasteiger partial charge in [-0.1, -0.05) is 0 Å². The number of aliphatic hydroxyl groups is 12. The lowest BCUT2D eigenvalue weighted by Crippen LogP contribution is -2.26. The second-order valence-electron chi connectivity index (χ2n) is 24.4. The molecule has 12 N–H and O–H groups in total. The lowest BCUT2D eigenvalue weighted by atomic mass is 10.1. The van der Waals surface area contributed by atoms with Gasteiger partial charge in [-0.15, -0.1) is 0 Å². The van der Waals surface area contributed by atoms with Gasteiger partial charge >= 0.3 is 0 Å². The smallest absolute Gasteiger partial charge is 0.220 e. The third kappa shape index (κ3) is 25.6. The van der Waals surface area contributed by atoms with Crippen molar-refractivity contribution in [3.63, 3.8) is 0 Å². The van der Waals surface area contributed by atoms with E-state index in [1.807, 2.05) is 72.8 Å². The molecular formula is C78H108N6O18. The molecule has 7 aromatic rings. The normalized spacial score (nSPS) is 11.2. The predicted molar refractivity (Wildman–Crippen MR) is 399 cm³/mol. The van der Waals surface area contributed by atoms with Crippen molar-refractivity contribution < 1.29 is 89.7 Å². The minimum Gasteiger partial charge on any atom is -0.449 e. The van der Waals surface area contributed by atoms with Gasteiger partial charge in [0.2, 0.25) is 34.5 Å². The minimum atomic E-state index is -0.0592. The number of rotatable bonds is 54. The Morgan fingerprint density at radius 1 is 0.157 bits per heavy atom. The highest BCUT2D eigenvalue weighted by Crippen LogP contribution is 2.63. The largest absolute Gasteiger partial charge is 0.449 e. The van der Waals surface area contributed by atoms with E-state index in [4.69, 9.17) is 28.4 Å². The standard InChI is InChI=1S/C78H108N6O18/c85-49-1-37-79(38-2-50-86)61-13-25-67(26-14-61)97-73-74(98-68-27-15-62(16-28-68)80(39-3-51-87)40-4-52-88)76(100-70-31-19-64(20-32-70)82(43-7-55-91)44-8-56-92)78(102-72-35-23-66(24-36-72)84(47-11-59-95)48-12-60-96)77(101-71-33-21-65(22-34-71)83(45-9-57-93)46-10-58-94)75(73)99-69-29-17-63(18-30-69)81(41-5-53-89)42-6-54-90/h13-36,85-96H,1-12,37-60H2. The Labute approximate surface area is 600 Å². The maximum atomic E-state index is 9.92. The molecule has 0 bridgehead atoms. The molecule has 102 heavy (non-hydrogen) atoms. The lowest BCUT2D eigenvalue weighted by molar-refractivity contribution is 0.281. The first-order chi connectivity index (χ1) is 50.1. The van der Waals surface area contributed by atoms with E-state index >= 15 is 0 Å². The zero-order valence-corrected chi connectivity index (χ0v) is 58.8. The first-order valence-corrected chi connectivity index (χ1v) is 35.8. The molecule has 0 amide bonds. The zero-order chi connectivity index (χ0) is 72.5. The summed E-state index contributed by atoms with van der Waals surface area (Å²) in [6.45, 7) is 5.76. The van der Waals surface area contributed by atoms with Crippen LogP contribution in [0.5, 0.6) is 69.0 Å². The molecule has 24 nitrogen and oxygen atoms in total. The summed E-state index contributed by atoms with van der Waals surface area (Å²) in [5, 5.41) is 119. The van der Waals surface area contributed by atoms with Crippen molar-refractivity contribution in [3.05, 3.63) is 146 Å². The number of benzene rings is 7. The summed E-state index contributed by atoms with van der Waals surface area (Å²) < 4.78 is 43.7. The highest BCUT2D eigenvalue weighted by atomic mass is 16.6. The number of hydrogen-bond acceptors (Lipinski definition) is 24. The molecule has 0 unspecified atom stereocenters. The van der Waals surface area contributed by atoms with Gasteiger partial charge < -0.3 is 119 Å². The molecule has 0 aliphatic rings. The van der Waals surface area contributed by atoms with Gasteiger partial charge in [0.1, 0.15) is 34.5 Å². The highest BCUT2D eigenvalue weighted by Gasteiger charge is 2.35. The second kappa shape index (κ2) is 46.3. The molecular weight excluding hydrogens is 1310 g/mol. The van der Waals surface area contributed by atoms with Crippen LogP contribution >= 0.6 is 0 Å². The Balaban J connectivity index is 1.60. The first kappa shape index (κ1) is 81.0. The number of nitrogens with zero attached hydrogens (tertiary/aromatic N) is 6. The van der Waals surface area contributed by atoms with Crippen LogP contribution in [0.2, 0.25) is 0 Å². The van der Waals surface area contributed by atoms with E-state index in [0.29, 0.717) is 190 Å². The monoisotopic (exact) mass is 1420 g/mol. The van der Waals surface area contributed by atoms with Crippen LogP contribution in [-0.4, -0.2) is 219 Å². The maximum absolute atomic E-state index is 9.92. The summed E-state index contributed by atoms with van der Waals surface area (Å²) in [5.41, 5.74) is 4.80. The van der Waals surface area contributed by atoms with Crippen LogP contribution in [-0.2, 0) is 0 Å². The van der Waals surface area contributed by atoms with Gasteiger partial charge in [0.15, 0.2) is 0 Å². The molecule has 0 spiro atoms. The molecule has 0 aliphatic heterocycles. The molecule has 0 fully saturated rings. The van der Waals surface area contributed by atoms with Crippen molar-refractivity contribution >= 4 is 34.1 Å². The van der Waals surface area contributed by atoms with Crippen LogP contribution in [0.4, 0.5) is 34.1 Å². The Hall–Kier alpha value is -8.34. The second-order valence-corrected chi connectivity index (χ2v) is 24.4. The van der Waals surface area contributed by atoms with E-state index < -0.39 is 0 Å². The number of hydrogen-bond donors (Lipinski definition) is 12. The van der Waals surface area contributed by atoms with E-state index in [0.717, 1.165) is 34.1 Å². The van der Waals surface area contributed by atoms with Crippen molar-refractivity contribution in [1.29, 1.82) is 0 Å². The quantitative estimate of drug-likeness (QED) is 0.0169. The van der Waals surface area contributed by atoms with Crippen LogP contribution < -0.4 is 57.8 Å².